The number of hydrogen-bond acceptors (Lipinski definition) is 7. The molecule has 0 aliphatic carbocycles. The number of methoxy groups -OCH3 is 2. The Morgan fingerprint density at radius 1 is 1.09 bits per heavy atom. The van der Waals surface area contributed by atoms with Crippen molar-refractivity contribution in [1.82, 2.24) is 15.1 Å². The largest absolute Gasteiger partial charge is 0.497 e. The molecule has 0 fully saturated rings. The maximum absolute atomic E-state index is 5.30. The van der Waals surface area contributed by atoms with Crippen molar-refractivity contribution in [2.45, 2.75) is 20.3 Å². The van der Waals surface area contributed by atoms with Crippen LogP contribution in [-0.2, 0) is 6.42 Å². The topological polar surface area (TPSA) is 82.3 Å². The number of ether oxygens (including phenoxy) is 2. The molecule has 0 saturated heterocycles. The van der Waals surface area contributed by atoms with Crippen molar-refractivity contribution < 1.29 is 14.0 Å². The smallest absolute Gasteiger partial charge is 0.263 e. The summed E-state index contributed by atoms with van der Waals surface area (Å²) >= 11 is 0. The van der Waals surface area contributed by atoms with Crippen molar-refractivity contribution in [3.05, 3.63) is 29.7 Å². The standard InChI is InChI=1S/C16H18N4O3/c1-5-13-14-15(17-9(2)18-16(14)23-20-13)19-10-6-11(21-3)8-12(7-10)22-4/h6-8H,5H2,1-4H3,(H,17,18,19). The van der Waals surface area contributed by atoms with Gasteiger partial charge >= 0.3 is 0 Å². The van der Waals surface area contributed by atoms with E-state index in [0.29, 0.717) is 28.9 Å². The lowest BCUT2D eigenvalue weighted by Crippen LogP contribution is -2.00. The first-order chi connectivity index (χ1) is 11.1. The second-order valence-corrected chi connectivity index (χ2v) is 5.01. The highest BCUT2D eigenvalue weighted by Gasteiger charge is 2.16. The minimum atomic E-state index is 0.478. The predicted octanol–water partition coefficient (Wildman–Crippen LogP) is 3.25. The minimum absolute atomic E-state index is 0.478. The maximum Gasteiger partial charge on any atom is 0.263 e. The van der Waals surface area contributed by atoms with Gasteiger partial charge in [0, 0.05) is 23.9 Å². The SMILES string of the molecule is CCc1noc2nc(C)nc(Nc3cc(OC)cc(OC)c3)c12. The molecular weight excluding hydrogens is 296 g/mol. The zero-order valence-corrected chi connectivity index (χ0v) is 13.5. The Balaban J connectivity index is 2.09. The highest BCUT2D eigenvalue weighted by Crippen LogP contribution is 2.31. The van der Waals surface area contributed by atoms with E-state index in [1.54, 1.807) is 14.2 Å². The quantitative estimate of drug-likeness (QED) is 0.774. The van der Waals surface area contributed by atoms with Gasteiger partial charge < -0.3 is 19.3 Å². The molecule has 0 aliphatic heterocycles. The number of benzene rings is 1. The average Bonchev–Trinajstić information content (AvgIpc) is 2.97. The van der Waals surface area contributed by atoms with Gasteiger partial charge in [0.2, 0.25) is 0 Å². The number of rotatable bonds is 5. The van der Waals surface area contributed by atoms with Crippen molar-refractivity contribution in [3.63, 3.8) is 0 Å². The van der Waals surface area contributed by atoms with E-state index < -0.39 is 0 Å². The summed E-state index contributed by atoms with van der Waals surface area (Å²) in [5.41, 5.74) is 2.09. The number of aryl methyl sites for hydroxylation is 2. The third-order valence-electron chi connectivity index (χ3n) is 3.47. The van der Waals surface area contributed by atoms with Gasteiger partial charge in [-0.15, -0.1) is 0 Å². The summed E-state index contributed by atoms with van der Waals surface area (Å²) in [7, 11) is 3.22. The molecular formula is C16H18N4O3. The lowest BCUT2D eigenvalue weighted by atomic mass is 10.2. The molecule has 2 aromatic heterocycles. The first kappa shape index (κ1) is 15.1. The van der Waals surface area contributed by atoms with E-state index in [1.807, 2.05) is 32.0 Å². The molecule has 0 radical (unpaired) electrons. The van der Waals surface area contributed by atoms with Crippen molar-refractivity contribution >= 4 is 22.6 Å². The summed E-state index contributed by atoms with van der Waals surface area (Å²) in [6.45, 7) is 3.82. The molecule has 3 aromatic rings. The third kappa shape index (κ3) is 2.90. The normalized spacial score (nSPS) is 10.8. The molecule has 2 heterocycles. The summed E-state index contributed by atoms with van der Waals surface area (Å²) < 4.78 is 15.9. The van der Waals surface area contributed by atoms with E-state index in [0.717, 1.165) is 23.2 Å². The Kier molecular flexibility index (Phi) is 4.01. The lowest BCUT2D eigenvalue weighted by Gasteiger charge is -2.11. The summed E-state index contributed by atoms with van der Waals surface area (Å²) in [6, 6.07) is 5.54. The average molecular weight is 314 g/mol. The molecule has 0 aliphatic rings. The molecule has 0 unspecified atom stereocenters. The van der Waals surface area contributed by atoms with Gasteiger partial charge in [0.25, 0.3) is 5.71 Å². The summed E-state index contributed by atoms with van der Waals surface area (Å²) in [5.74, 6) is 2.64. The Bertz CT molecular complexity index is 822. The highest BCUT2D eigenvalue weighted by molar-refractivity contribution is 5.90. The summed E-state index contributed by atoms with van der Waals surface area (Å²) in [5, 5.41) is 8.14. The molecule has 0 spiro atoms. The number of anilines is 2. The fourth-order valence-electron chi connectivity index (χ4n) is 2.37. The van der Waals surface area contributed by atoms with Crippen LogP contribution in [0.15, 0.2) is 22.7 Å². The number of hydrogen-bond donors (Lipinski definition) is 1. The van der Waals surface area contributed by atoms with Gasteiger partial charge in [-0.1, -0.05) is 12.1 Å². The van der Waals surface area contributed by atoms with Crippen LogP contribution in [-0.4, -0.2) is 29.3 Å². The molecule has 7 heteroatoms. The van der Waals surface area contributed by atoms with E-state index in [4.69, 9.17) is 14.0 Å². The Labute approximate surface area is 133 Å². The van der Waals surface area contributed by atoms with E-state index in [1.165, 1.54) is 0 Å². The summed E-state index contributed by atoms with van der Waals surface area (Å²) in [4.78, 5) is 8.77. The summed E-state index contributed by atoms with van der Waals surface area (Å²) in [6.07, 6.45) is 0.732. The van der Waals surface area contributed by atoms with E-state index in [-0.39, 0.29) is 0 Å². The Morgan fingerprint density at radius 3 is 2.39 bits per heavy atom. The van der Waals surface area contributed by atoms with E-state index in [2.05, 4.69) is 20.4 Å². The van der Waals surface area contributed by atoms with Gasteiger partial charge in [-0.3, -0.25) is 0 Å². The van der Waals surface area contributed by atoms with E-state index >= 15 is 0 Å². The van der Waals surface area contributed by atoms with Gasteiger partial charge in [0.05, 0.1) is 19.9 Å². The van der Waals surface area contributed by atoms with Crippen molar-refractivity contribution in [3.8, 4) is 11.5 Å². The number of fused-ring (bicyclic) bond motifs is 1. The number of aromatic nitrogens is 3. The minimum Gasteiger partial charge on any atom is -0.497 e. The van der Waals surface area contributed by atoms with Crippen LogP contribution in [0.3, 0.4) is 0 Å². The molecule has 3 rings (SSSR count). The van der Waals surface area contributed by atoms with Crippen LogP contribution in [0.25, 0.3) is 11.1 Å². The maximum atomic E-state index is 5.30. The van der Waals surface area contributed by atoms with Crippen LogP contribution in [0.2, 0.25) is 0 Å². The first-order valence-corrected chi connectivity index (χ1v) is 7.27. The number of nitrogens with one attached hydrogen (secondary N) is 1. The first-order valence-electron chi connectivity index (χ1n) is 7.27. The van der Waals surface area contributed by atoms with Gasteiger partial charge in [-0.25, -0.2) is 4.98 Å². The zero-order valence-electron chi connectivity index (χ0n) is 13.5. The number of nitrogens with zero attached hydrogens (tertiary/aromatic N) is 3. The molecule has 0 atom stereocenters. The molecule has 1 N–H and O–H groups in total. The predicted molar refractivity (Wildman–Crippen MR) is 86.5 cm³/mol. The molecule has 23 heavy (non-hydrogen) atoms. The van der Waals surface area contributed by atoms with Crippen LogP contribution < -0.4 is 14.8 Å². The van der Waals surface area contributed by atoms with Crippen LogP contribution >= 0.6 is 0 Å². The second-order valence-electron chi connectivity index (χ2n) is 5.01. The van der Waals surface area contributed by atoms with Crippen molar-refractivity contribution in [2.24, 2.45) is 0 Å². The molecule has 120 valence electrons. The van der Waals surface area contributed by atoms with E-state index in [9.17, 15) is 0 Å². The molecule has 0 saturated carbocycles. The Hall–Kier alpha value is -2.83. The fraction of sp³-hybridized carbons (Fsp3) is 0.312. The van der Waals surface area contributed by atoms with Gasteiger partial charge in [-0.2, -0.15) is 4.98 Å². The zero-order chi connectivity index (χ0) is 16.4. The molecule has 0 amide bonds. The van der Waals surface area contributed by atoms with Crippen LogP contribution in [0.4, 0.5) is 11.5 Å². The second kappa shape index (κ2) is 6.12. The van der Waals surface area contributed by atoms with Crippen LogP contribution in [0, 0.1) is 6.92 Å². The van der Waals surface area contributed by atoms with Crippen LogP contribution in [0.5, 0.6) is 11.5 Å². The third-order valence-corrected chi connectivity index (χ3v) is 3.47. The van der Waals surface area contributed by atoms with Gasteiger partial charge in [0.1, 0.15) is 28.5 Å². The monoisotopic (exact) mass is 314 g/mol. The van der Waals surface area contributed by atoms with Crippen LogP contribution in [0.1, 0.15) is 18.4 Å². The highest BCUT2D eigenvalue weighted by atomic mass is 16.5. The van der Waals surface area contributed by atoms with Crippen molar-refractivity contribution in [2.75, 3.05) is 19.5 Å². The van der Waals surface area contributed by atoms with Gasteiger partial charge in [0.15, 0.2) is 0 Å². The molecule has 1 aromatic carbocycles. The molecule has 7 nitrogen and oxygen atoms in total. The lowest BCUT2D eigenvalue weighted by molar-refractivity contribution is 0.395. The molecule has 0 bridgehead atoms. The van der Waals surface area contributed by atoms with Crippen molar-refractivity contribution in [1.29, 1.82) is 0 Å². The Morgan fingerprint density at radius 2 is 1.78 bits per heavy atom. The van der Waals surface area contributed by atoms with Gasteiger partial charge in [-0.05, 0) is 13.3 Å². The fourth-order valence-corrected chi connectivity index (χ4v) is 2.37.